The summed E-state index contributed by atoms with van der Waals surface area (Å²) in [5.41, 5.74) is 2.39. The quantitative estimate of drug-likeness (QED) is 0.415. The molecule has 0 aliphatic rings. The van der Waals surface area contributed by atoms with Gasteiger partial charge >= 0.3 is 0 Å². The van der Waals surface area contributed by atoms with E-state index in [-0.39, 0.29) is 29.5 Å². The Hall–Kier alpha value is -3.33. The van der Waals surface area contributed by atoms with Crippen LogP contribution in [0.3, 0.4) is 0 Å². The van der Waals surface area contributed by atoms with Crippen LogP contribution in [0.1, 0.15) is 48.6 Å². The molecule has 1 aromatic heterocycles. The molecule has 9 heteroatoms. The number of hydrogen-bond donors (Lipinski definition) is 2. The van der Waals surface area contributed by atoms with E-state index in [4.69, 9.17) is 4.74 Å². The number of nitrogens with zero attached hydrogens (tertiary/aromatic N) is 3. The molecule has 1 atom stereocenters. The van der Waals surface area contributed by atoms with Crippen LogP contribution in [0.2, 0.25) is 0 Å². The molecule has 3 rings (SSSR count). The summed E-state index contributed by atoms with van der Waals surface area (Å²) >= 11 is 1.32. The van der Waals surface area contributed by atoms with Crippen molar-refractivity contribution in [2.45, 2.75) is 45.4 Å². The topological polar surface area (TPSA) is 98.1 Å². The zero-order valence-corrected chi connectivity index (χ0v) is 21.0. The Labute approximate surface area is 204 Å². The Kier molecular flexibility index (Phi) is 8.70. The fourth-order valence-electron chi connectivity index (χ4n) is 3.48. The Morgan fingerprint density at radius 3 is 2.47 bits per heavy atom. The Morgan fingerprint density at radius 1 is 1.12 bits per heavy atom. The summed E-state index contributed by atoms with van der Waals surface area (Å²) in [7, 11) is 1.59. The maximum Gasteiger partial charge on any atom is 0.251 e. The molecule has 0 spiro atoms. The van der Waals surface area contributed by atoms with Gasteiger partial charge in [0.15, 0.2) is 11.0 Å². The van der Waals surface area contributed by atoms with Crippen LogP contribution in [-0.2, 0) is 11.3 Å². The summed E-state index contributed by atoms with van der Waals surface area (Å²) in [5, 5.41) is 15.3. The lowest BCUT2D eigenvalue weighted by atomic mass is 10.0. The Balaban J connectivity index is 1.70. The van der Waals surface area contributed by atoms with E-state index >= 15 is 0 Å². The van der Waals surface area contributed by atoms with Crippen LogP contribution in [0.15, 0.2) is 53.7 Å². The lowest BCUT2D eigenvalue weighted by Gasteiger charge is -2.22. The van der Waals surface area contributed by atoms with Gasteiger partial charge in [0.25, 0.3) is 5.91 Å². The summed E-state index contributed by atoms with van der Waals surface area (Å²) in [4.78, 5) is 25.3. The minimum atomic E-state index is -0.336. The van der Waals surface area contributed by atoms with Crippen molar-refractivity contribution in [3.05, 3.63) is 65.5 Å². The first kappa shape index (κ1) is 25.3. The minimum Gasteiger partial charge on any atom is -0.497 e. The smallest absolute Gasteiger partial charge is 0.251 e. The summed E-state index contributed by atoms with van der Waals surface area (Å²) in [6, 6.07) is 14.3. The summed E-state index contributed by atoms with van der Waals surface area (Å²) < 4.78 is 7.11. The minimum absolute atomic E-state index is 0.0826. The number of methoxy groups -OCH3 is 1. The molecule has 3 aromatic rings. The molecule has 0 saturated heterocycles. The van der Waals surface area contributed by atoms with Gasteiger partial charge in [-0.15, -0.1) is 10.2 Å². The zero-order valence-electron chi connectivity index (χ0n) is 20.2. The lowest BCUT2D eigenvalue weighted by molar-refractivity contribution is -0.113. The van der Waals surface area contributed by atoms with Crippen molar-refractivity contribution in [3.8, 4) is 5.75 Å². The van der Waals surface area contributed by atoms with Gasteiger partial charge in [-0.3, -0.25) is 9.59 Å². The van der Waals surface area contributed by atoms with Crippen molar-refractivity contribution < 1.29 is 14.3 Å². The van der Waals surface area contributed by atoms with E-state index in [0.717, 1.165) is 11.3 Å². The van der Waals surface area contributed by atoms with Crippen molar-refractivity contribution in [2.24, 2.45) is 5.92 Å². The van der Waals surface area contributed by atoms with E-state index in [1.165, 1.54) is 11.8 Å². The third-order valence-corrected chi connectivity index (χ3v) is 6.25. The highest BCUT2D eigenvalue weighted by molar-refractivity contribution is 7.99. The Morgan fingerprint density at radius 2 is 1.85 bits per heavy atom. The van der Waals surface area contributed by atoms with E-state index in [0.29, 0.717) is 28.8 Å². The van der Waals surface area contributed by atoms with Gasteiger partial charge in [-0.25, -0.2) is 0 Å². The number of nitrogens with one attached hydrogen (secondary N) is 2. The second-order valence-electron chi connectivity index (χ2n) is 8.22. The van der Waals surface area contributed by atoms with Crippen molar-refractivity contribution in [3.63, 3.8) is 0 Å². The second-order valence-corrected chi connectivity index (χ2v) is 9.16. The van der Waals surface area contributed by atoms with Crippen molar-refractivity contribution in [2.75, 3.05) is 18.2 Å². The van der Waals surface area contributed by atoms with Crippen molar-refractivity contribution in [1.29, 1.82) is 0 Å². The molecule has 2 aromatic carbocycles. The summed E-state index contributed by atoms with van der Waals surface area (Å²) in [6.07, 6.45) is 0. The molecule has 2 amide bonds. The third-order valence-electron chi connectivity index (χ3n) is 5.28. The molecule has 0 saturated carbocycles. The summed E-state index contributed by atoms with van der Waals surface area (Å²) in [5.74, 6) is 1.34. The van der Waals surface area contributed by atoms with Crippen LogP contribution in [0.5, 0.6) is 5.75 Å². The number of rotatable bonds is 10. The second kappa shape index (κ2) is 11.7. The van der Waals surface area contributed by atoms with Gasteiger partial charge in [0.1, 0.15) is 5.75 Å². The van der Waals surface area contributed by atoms with Gasteiger partial charge in [-0.05, 0) is 61.7 Å². The maximum absolute atomic E-state index is 12.9. The van der Waals surface area contributed by atoms with Gasteiger partial charge in [-0.1, -0.05) is 37.7 Å². The number of thioether (sulfide) groups is 1. The van der Waals surface area contributed by atoms with Crippen LogP contribution in [0.4, 0.5) is 5.69 Å². The highest BCUT2D eigenvalue weighted by atomic mass is 32.2. The largest absolute Gasteiger partial charge is 0.497 e. The maximum atomic E-state index is 12.9. The molecule has 0 fully saturated rings. The standard InChI is InChI=1S/C25H31N5O3S/c1-6-30-23(22(16(2)3)27-24(32)18-10-12-20(33-5)13-11-18)28-29-25(30)34-15-21(31)26-19-9-7-8-17(4)14-19/h7-14,16,22H,6,15H2,1-5H3,(H,26,31)(H,27,32). The zero-order chi connectivity index (χ0) is 24.7. The molecular weight excluding hydrogens is 450 g/mol. The summed E-state index contributed by atoms with van der Waals surface area (Å²) in [6.45, 7) is 8.64. The molecule has 0 bridgehead atoms. The van der Waals surface area contributed by atoms with E-state index in [1.54, 1.807) is 31.4 Å². The Bertz CT molecular complexity index is 1130. The first-order valence-electron chi connectivity index (χ1n) is 11.2. The molecule has 1 unspecified atom stereocenters. The fraction of sp³-hybridized carbons (Fsp3) is 0.360. The number of benzene rings is 2. The van der Waals surface area contributed by atoms with Crippen LogP contribution in [0.25, 0.3) is 0 Å². The number of anilines is 1. The SMILES string of the molecule is CCn1c(SCC(=O)Nc2cccc(C)c2)nnc1C(NC(=O)c1ccc(OC)cc1)C(C)C. The number of amides is 2. The van der Waals surface area contributed by atoms with Gasteiger partial charge in [0, 0.05) is 17.8 Å². The highest BCUT2D eigenvalue weighted by Crippen LogP contribution is 2.26. The average Bonchev–Trinajstić information content (AvgIpc) is 3.23. The van der Waals surface area contributed by atoms with E-state index in [2.05, 4.69) is 20.8 Å². The van der Waals surface area contributed by atoms with E-state index < -0.39 is 0 Å². The molecule has 8 nitrogen and oxygen atoms in total. The lowest BCUT2D eigenvalue weighted by Crippen LogP contribution is -2.33. The number of aryl methyl sites for hydroxylation is 1. The number of carbonyl (C=O) groups is 2. The normalized spacial score (nSPS) is 11.8. The van der Waals surface area contributed by atoms with E-state index in [1.807, 2.05) is 56.5 Å². The predicted octanol–water partition coefficient (Wildman–Crippen LogP) is 4.47. The first-order valence-corrected chi connectivity index (χ1v) is 12.2. The van der Waals surface area contributed by atoms with Gasteiger partial charge in [0.05, 0.1) is 18.9 Å². The first-order chi connectivity index (χ1) is 16.3. The number of hydrogen-bond acceptors (Lipinski definition) is 6. The molecule has 0 aliphatic carbocycles. The van der Waals surface area contributed by atoms with Crippen molar-refractivity contribution >= 4 is 29.3 Å². The fourth-order valence-corrected chi connectivity index (χ4v) is 4.29. The van der Waals surface area contributed by atoms with Crippen LogP contribution >= 0.6 is 11.8 Å². The predicted molar refractivity (Wildman–Crippen MR) is 134 cm³/mol. The van der Waals surface area contributed by atoms with Gasteiger partial charge < -0.3 is 19.9 Å². The molecule has 0 radical (unpaired) electrons. The number of aromatic nitrogens is 3. The molecule has 34 heavy (non-hydrogen) atoms. The molecule has 180 valence electrons. The number of ether oxygens (including phenoxy) is 1. The van der Waals surface area contributed by atoms with Gasteiger partial charge in [0.2, 0.25) is 5.91 Å². The molecule has 1 heterocycles. The highest BCUT2D eigenvalue weighted by Gasteiger charge is 2.26. The third kappa shape index (κ3) is 6.38. The number of carbonyl (C=O) groups excluding carboxylic acids is 2. The van der Waals surface area contributed by atoms with Crippen LogP contribution in [0, 0.1) is 12.8 Å². The molecular formula is C25H31N5O3S. The molecule has 0 aliphatic heterocycles. The van der Waals surface area contributed by atoms with Crippen LogP contribution < -0.4 is 15.4 Å². The monoisotopic (exact) mass is 481 g/mol. The van der Waals surface area contributed by atoms with E-state index in [9.17, 15) is 9.59 Å². The molecule has 2 N–H and O–H groups in total. The van der Waals surface area contributed by atoms with Crippen LogP contribution in [-0.4, -0.2) is 39.4 Å². The van der Waals surface area contributed by atoms with Crippen molar-refractivity contribution in [1.82, 2.24) is 20.1 Å². The van der Waals surface area contributed by atoms with Gasteiger partial charge in [-0.2, -0.15) is 0 Å². The average molecular weight is 482 g/mol.